The molecule has 0 amide bonds. The Bertz CT molecular complexity index is 241. The molecular weight excluding hydrogens is 220 g/mol. The van der Waals surface area contributed by atoms with Gasteiger partial charge >= 0.3 is 0 Å². The second kappa shape index (κ2) is 18.4. The third-order valence-electron chi connectivity index (χ3n) is 1.36. The smallest absolute Gasteiger partial charge is 0.119 e. The molecule has 0 aliphatic heterocycles. The first-order valence-electron chi connectivity index (χ1n) is 7.33. The molecule has 0 radical (unpaired) electrons. The van der Waals surface area contributed by atoms with Crippen LogP contribution >= 0.6 is 0 Å². The van der Waals surface area contributed by atoms with Crippen molar-refractivity contribution in [1.82, 2.24) is 0 Å². The van der Waals surface area contributed by atoms with Gasteiger partial charge in [-0.2, -0.15) is 0 Å². The molecule has 0 N–H and O–H groups in total. The lowest BCUT2D eigenvalue weighted by Crippen LogP contribution is -2.05. The average molecular weight is 254 g/mol. The van der Waals surface area contributed by atoms with Crippen molar-refractivity contribution in [2.45, 2.75) is 74.8 Å². The standard InChI is InChI=1S/C10H14O.C3H8.2C2H6/c1-8(2)11-10-6-4-5-9(3)7-10;1-3-2;2*1-2/h4-8H,1-3H3;3H2,1-2H3;2*1-2H3. The van der Waals surface area contributed by atoms with Crippen molar-refractivity contribution in [2.24, 2.45) is 0 Å². The van der Waals surface area contributed by atoms with Gasteiger partial charge in [0.2, 0.25) is 0 Å². The van der Waals surface area contributed by atoms with Gasteiger partial charge in [0.15, 0.2) is 0 Å². The predicted octanol–water partition coefficient (Wildman–Crippen LogP) is 6.25. The van der Waals surface area contributed by atoms with Crippen molar-refractivity contribution >= 4 is 0 Å². The zero-order valence-electron chi connectivity index (χ0n) is 14.0. The fourth-order valence-electron chi connectivity index (χ4n) is 0.961. The van der Waals surface area contributed by atoms with E-state index in [0.29, 0.717) is 0 Å². The molecule has 1 aromatic rings. The van der Waals surface area contributed by atoms with E-state index in [4.69, 9.17) is 4.74 Å². The molecule has 0 spiro atoms. The van der Waals surface area contributed by atoms with Crippen LogP contribution in [0.25, 0.3) is 0 Å². The first kappa shape index (κ1) is 22.2. The average Bonchev–Trinajstić information content (AvgIpc) is 2.34. The summed E-state index contributed by atoms with van der Waals surface area (Å²) in [6.45, 7) is 18.4. The van der Waals surface area contributed by atoms with E-state index in [0.717, 1.165) is 5.75 Å². The monoisotopic (exact) mass is 254 g/mol. The highest BCUT2D eigenvalue weighted by Gasteiger charge is 1.95. The molecule has 1 nitrogen and oxygen atoms in total. The Hall–Kier alpha value is -0.980. The molecule has 0 fully saturated rings. The van der Waals surface area contributed by atoms with Gasteiger partial charge in [0.25, 0.3) is 0 Å². The minimum atomic E-state index is 0.261. The Balaban J connectivity index is -0.000000274. The summed E-state index contributed by atoms with van der Waals surface area (Å²) < 4.78 is 5.50. The molecule has 0 saturated heterocycles. The fourth-order valence-corrected chi connectivity index (χ4v) is 0.961. The van der Waals surface area contributed by atoms with E-state index in [1.165, 1.54) is 12.0 Å². The Kier molecular flexibility index (Phi) is 22.7. The highest BCUT2D eigenvalue weighted by atomic mass is 16.5. The lowest BCUT2D eigenvalue weighted by atomic mass is 10.2. The van der Waals surface area contributed by atoms with Gasteiger partial charge in [-0.15, -0.1) is 0 Å². The molecule has 0 aromatic heterocycles. The van der Waals surface area contributed by atoms with Crippen LogP contribution in [-0.4, -0.2) is 6.10 Å². The Morgan fingerprint density at radius 1 is 1.00 bits per heavy atom. The van der Waals surface area contributed by atoms with Gasteiger partial charge in [0, 0.05) is 0 Å². The molecular formula is C17H34O. The SMILES string of the molecule is CC.CC.CCC.Cc1cccc(OC(C)C)c1. The molecule has 1 heteroatoms. The summed E-state index contributed by atoms with van der Waals surface area (Å²) in [6, 6.07) is 8.09. The van der Waals surface area contributed by atoms with E-state index in [1.54, 1.807) is 0 Å². The summed E-state index contributed by atoms with van der Waals surface area (Å²) >= 11 is 0. The number of hydrogen-bond donors (Lipinski definition) is 0. The van der Waals surface area contributed by atoms with Crippen LogP contribution in [0.3, 0.4) is 0 Å². The maximum atomic E-state index is 5.50. The van der Waals surface area contributed by atoms with Crippen LogP contribution < -0.4 is 4.74 Å². The molecule has 0 bridgehead atoms. The van der Waals surface area contributed by atoms with Gasteiger partial charge < -0.3 is 4.74 Å². The lowest BCUT2D eigenvalue weighted by molar-refractivity contribution is 0.242. The van der Waals surface area contributed by atoms with Crippen molar-refractivity contribution in [3.8, 4) is 5.75 Å². The number of rotatable bonds is 2. The summed E-state index contributed by atoms with van der Waals surface area (Å²) in [4.78, 5) is 0. The highest BCUT2D eigenvalue weighted by molar-refractivity contribution is 5.27. The molecule has 0 saturated carbocycles. The van der Waals surface area contributed by atoms with Crippen LogP contribution in [0.2, 0.25) is 0 Å². The van der Waals surface area contributed by atoms with Crippen molar-refractivity contribution in [3.63, 3.8) is 0 Å². The molecule has 0 heterocycles. The number of ether oxygens (including phenoxy) is 1. The Labute approximate surface area is 116 Å². The normalized spacial score (nSPS) is 7.89. The van der Waals surface area contributed by atoms with Crippen LogP contribution in [0, 0.1) is 6.92 Å². The Morgan fingerprint density at radius 3 is 1.78 bits per heavy atom. The van der Waals surface area contributed by atoms with Crippen LogP contribution in [0.5, 0.6) is 5.75 Å². The molecule has 0 aliphatic rings. The van der Waals surface area contributed by atoms with Gasteiger partial charge in [0.05, 0.1) is 6.10 Å². The minimum Gasteiger partial charge on any atom is -0.491 e. The maximum Gasteiger partial charge on any atom is 0.119 e. The summed E-state index contributed by atoms with van der Waals surface area (Å²) in [7, 11) is 0. The van der Waals surface area contributed by atoms with E-state index in [-0.39, 0.29) is 6.10 Å². The molecule has 0 aliphatic carbocycles. The van der Waals surface area contributed by atoms with Crippen molar-refractivity contribution in [1.29, 1.82) is 0 Å². The molecule has 108 valence electrons. The summed E-state index contributed by atoms with van der Waals surface area (Å²) in [5.74, 6) is 0.958. The lowest BCUT2D eigenvalue weighted by Gasteiger charge is -2.09. The van der Waals surface area contributed by atoms with Crippen molar-refractivity contribution < 1.29 is 4.74 Å². The first-order valence-corrected chi connectivity index (χ1v) is 7.33. The topological polar surface area (TPSA) is 9.23 Å². The second-order valence-corrected chi connectivity index (χ2v) is 3.69. The predicted molar refractivity (Wildman–Crippen MR) is 85.6 cm³/mol. The Morgan fingerprint density at radius 2 is 1.44 bits per heavy atom. The summed E-state index contributed by atoms with van der Waals surface area (Å²) in [5, 5.41) is 0. The second-order valence-electron chi connectivity index (χ2n) is 3.69. The fraction of sp³-hybridized carbons (Fsp3) is 0.647. The van der Waals surface area contributed by atoms with Gasteiger partial charge in [-0.1, -0.05) is 60.1 Å². The largest absolute Gasteiger partial charge is 0.491 e. The molecule has 0 atom stereocenters. The molecule has 1 rings (SSSR count). The van der Waals surface area contributed by atoms with Crippen LogP contribution in [0.4, 0.5) is 0 Å². The van der Waals surface area contributed by atoms with E-state index in [1.807, 2.05) is 59.7 Å². The van der Waals surface area contributed by atoms with E-state index in [9.17, 15) is 0 Å². The quantitative estimate of drug-likeness (QED) is 0.606. The minimum absolute atomic E-state index is 0.261. The molecule has 18 heavy (non-hydrogen) atoms. The van der Waals surface area contributed by atoms with Gasteiger partial charge in [-0.05, 0) is 38.5 Å². The van der Waals surface area contributed by atoms with Crippen molar-refractivity contribution in [3.05, 3.63) is 29.8 Å². The number of benzene rings is 1. The van der Waals surface area contributed by atoms with Gasteiger partial charge in [0.1, 0.15) is 5.75 Å². The third kappa shape index (κ3) is 17.4. The number of hydrogen-bond acceptors (Lipinski definition) is 1. The van der Waals surface area contributed by atoms with E-state index < -0.39 is 0 Å². The third-order valence-corrected chi connectivity index (χ3v) is 1.36. The number of aryl methyl sites for hydroxylation is 1. The first-order chi connectivity index (χ1) is 8.60. The van der Waals surface area contributed by atoms with E-state index in [2.05, 4.69) is 26.8 Å². The zero-order chi connectivity index (χ0) is 15.0. The summed E-state index contributed by atoms with van der Waals surface area (Å²) in [5.41, 5.74) is 1.24. The summed E-state index contributed by atoms with van der Waals surface area (Å²) in [6.07, 6.45) is 1.51. The van der Waals surface area contributed by atoms with Gasteiger partial charge in [-0.25, -0.2) is 0 Å². The van der Waals surface area contributed by atoms with E-state index >= 15 is 0 Å². The van der Waals surface area contributed by atoms with Crippen LogP contribution in [0.1, 0.15) is 67.4 Å². The zero-order valence-corrected chi connectivity index (χ0v) is 14.0. The maximum absolute atomic E-state index is 5.50. The molecule has 1 aromatic carbocycles. The van der Waals surface area contributed by atoms with Gasteiger partial charge in [-0.3, -0.25) is 0 Å². The highest BCUT2D eigenvalue weighted by Crippen LogP contribution is 2.13. The van der Waals surface area contributed by atoms with Crippen molar-refractivity contribution in [2.75, 3.05) is 0 Å². The van der Waals surface area contributed by atoms with Crippen LogP contribution in [0.15, 0.2) is 24.3 Å². The molecule has 0 unspecified atom stereocenters. The van der Waals surface area contributed by atoms with Crippen LogP contribution in [-0.2, 0) is 0 Å².